The van der Waals surface area contributed by atoms with Gasteiger partial charge in [-0.25, -0.2) is 4.79 Å². The maximum absolute atomic E-state index is 12.7. The highest BCUT2D eigenvalue weighted by molar-refractivity contribution is 5.91. The van der Waals surface area contributed by atoms with E-state index < -0.39 is 23.3 Å². The Morgan fingerprint density at radius 1 is 1.29 bits per heavy atom. The molecule has 0 spiro atoms. The number of aromatic nitrogens is 2. The van der Waals surface area contributed by atoms with Crippen molar-refractivity contribution < 1.29 is 23.1 Å². The Balaban J connectivity index is 2.22. The maximum Gasteiger partial charge on any atom is 0.417 e. The zero-order valence-corrected chi connectivity index (χ0v) is 10.6. The maximum atomic E-state index is 12.7. The lowest BCUT2D eigenvalue weighted by atomic mass is 10.1. The van der Waals surface area contributed by atoms with E-state index in [0.29, 0.717) is 5.69 Å². The van der Waals surface area contributed by atoms with Crippen molar-refractivity contribution in [2.24, 2.45) is 0 Å². The number of benzene rings is 1. The molecule has 0 aliphatic carbocycles. The summed E-state index contributed by atoms with van der Waals surface area (Å²) in [7, 11) is 0. The summed E-state index contributed by atoms with van der Waals surface area (Å²) in [4.78, 5) is 10.9. The van der Waals surface area contributed by atoms with Gasteiger partial charge in [-0.05, 0) is 30.3 Å². The number of rotatable bonds is 4. The van der Waals surface area contributed by atoms with Gasteiger partial charge in [0.15, 0.2) is 0 Å². The van der Waals surface area contributed by atoms with Crippen LogP contribution in [0.2, 0.25) is 0 Å². The number of nitrogens with one attached hydrogen (secondary N) is 1. The standard InChI is InChI=1S/C13H10F3N3O2/c14-13(15,16)11-4-3-8(6-10(11)12(20)21)17-7-9-2-1-5-18-19-9/h1-6,17H,7H2,(H,20,21). The van der Waals surface area contributed by atoms with Crippen molar-refractivity contribution in [2.75, 3.05) is 5.32 Å². The summed E-state index contributed by atoms with van der Waals surface area (Å²) < 4.78 is 38.1. The van der Waals surface area contributed by atoms with Crippen LogP contribution in [0.25, 0.3) is 0 Å². The van der Waals surface area contributed by atoms with Crippen LogP contribution in [0.3, 0.4) is 0 Å². The minimum absolute atomic E-state index is 0.220. The van der Waals surface area contributed by atoms with Gasteiger partial charge in [0.2, 0.25) is 0 Å². The van der Waals surface area contributed by atoms with Gasteiger partial charge in [0.1, 0.15) is 0 Å². The molecule has 5 nitrogen and oxygen atoms in total. The van der Waals surface area contributed by atoms with E-state index in [-0.39, 0.29) is 12.2 Å². The summed E-state index contributed by atoms with van der Waals surface area (Å²) in [6, 6.07) is 6.21. The monoisotopic (exact) mass is 297 g/mol. The lowest BCUT2D eigenvalue weighted by Crippen LogP contribution is -2.13. The number of carbonyl (C=O) groups is 1. The molecule has 1 aromatic heterocycles. The molecule has 2 N–H and O–H groups in total. The summed E-state index contributed by atoms with van der Waals surface area (Å²) in [5.74, 6) is -1.63. The van der Waals surface area contributed by atoms with Crippen molar-refractivity contribution in [3.8, 4) is 0 Å². The Morgan fingerprint density at radius 2 is 2.05 bits per heavy atom. The van der Waals surface area contributed by atoms with Gasteiger partial charge < -0.3 is 10.4 Å². The highest BCUT2D eigenvalue weighted by Gasteiger charge is 2.35. The average molecular weight is 297 g/mol. The SMILES string of the molecule is O=C(O)c1cc(NCc2cccnn2)ccc1C(F)(F)F. The van der Waals surface area contributed by atoms with E-state index in [1.54, 1.807) is 12.1 Å². The highest BCUT2D eigenvalue weighted by Crippen LogP contribution is 2.33. The van der Waals surface area contributed by atoms with Gasteiger partial charge in [-0.15, -0.1) is 0 Å². The van der Waals surface area contributed by atoms with Crippen molar-refractivity contribution >= 4 is 11.7 Å². The summed E-state index contributed by atoms with van der Waals surface area (Å²) >= 11 is 0. The van der Waals surface area contributed by atoms with E-state index in [1.165, 1.54) is 12.3 Å². The molecule has 2 rings (SSSR count). The second-order valence-electron chi connectivity index (χ2n) is 4.13. The second kappa shape index (κ2) is 5.78. The van der Waals surface area contributed by atoms with Crippen LogP contribution in [0.1, 0.15) is 21.6 Å². The van der Waals surface area contributed by atoms with Crippen LogP contribution >= 0.6 is 0 Å². The Hall–Kier alpha value is -2.64. The van der Waals surface area contributed by atoms with Gasteiger partial charge in [-0.2, -0.15) is 23.4 Å². The average Bonchev–Trinajstić information content (AvgIpc) is 2.45. The topological polar surface area (TPSA) is 75.1 Å². The molecule has 21 heavy (non-hydrogen) atoms. The molecule has 1 heterocycles. The Bertz CT molecular complexity index is 645. The van der Waals surface area contributed by atoms with Crippen LogP contribution in [-0.4, -0.2) is 21.3 Å². The number of hydrogen-bond donors (Lipinski definition) is 2. The molecule has 110 valence electrons. The van der Waals surface area contributed by atoms with E-state index in [9.17, 15) is 18.0 Å². The summed E-state index contributed by atoms with van der Waals surface area (Å²) in [6.45, 7) is 0.220. The van der Waals surface area contributed by atoms with Gasteiger partial charge >= 0.3 is 12.1 Å². The van der Waals surface area contributed by atoms with Crippen molar-refractivity contribution in [3.05, 3.63) is 53.3 Å². The highest BCUT2D eigenvalue weighted by atomic mass is 19.4. The number of carboxylic acid groups (broad SMARTS) is 1. The molecule has 0 fully saturated rings. The molecule has 0 amide bonds. The first-order valence-corrected chi connectivity index (χ1v) is 5.83. The molecular formula is C13H10F3N3O2. The zero-order valence-electron chi connectivity index (χ0n) is 10.6. The molecule has 0 bridgehead atoms. The summed E-state index contributed by atoms with van der Waals surface area (Å²) in [5, 5.41) is 19.1. The third-order valence-electron chi connectivity index (χ3n) is 2.66. The molecule has 0 radical (unpaired) electrons. The zero-order chi connectivity index (χ0) is 15.5. The van der Waals surface area contributed by atoms with Crippen molar-refractivity contribution in [1.29, 1.82) is 0 Å². The number of carboxylic acids is 1. The van der Waals surface area contributed by atoms with E-state index in [4.69, 9.17) is 5.11 Å². The Kier molecular flexibility index (Phi) is 4.06. The lowest BCUT2D eigenvalue weighted by molar-refractivity contribution is -0.138. The predicted molar refractivity (Wildman–Crippen MR) is 67.8 cm³/mol. The van der Waals surface area contributed by atoms with Crippen molar-refractivity contribution in [2.45, 2.75) is 12.7 Å². The normalized spacial score (nSPS) is 11.2. The van der Waals surface area contributed by atoms with Crippen LogP contribution in [0.4, 0.5) is 18.9 Å². The molecular weight excluding hydrogens is 287 g/mol. The van der Waals surface area contributed by atoms with Gasteiger partial charge in [0, 0.05) is 11.9 Å². The molecule has 0 aliphatic heterocycles. The third-order valence-corrected chi connectivity index (χ3v) is 2.66. The lowest BCUT2D eigenvalue weighted by Gasteiger charge is -2.12. The minimum Gasteiger partial charge on any atom is -0.478 e. The molecule has 0 saturated carbocycles. The molecule has 0 saturated heterocycles. The van der Waals surface area contributed by atoms with Gasteiger partial charge in [-0.1, -0.05) is 0 Å². The number of halogens is 3. The van der Waals surface area contributed by atoms with Gasteiger partial charge in [0.25, 0.3) is 0 Å². The fourth-order valence-corrected chi connectivity index (χ4v) is 1.70. The summed E-state index contributed by atoms with van der Waals surface area (Å²) in [5.41, 5.74) is -1.15. The molecule has 1 aromatic carbocycles. The molecule has 0 unspecified atom stereocenters. The van der Waals surface area contributed by atoms with Gasteiger partial charge in [0.05, 0.1) is 23.4 Å². The van der Waals surface area contributed by atoms with Crippen LogP contribution in [0, 0.1) is 0 Å². The Morgan fingerprint density at radius 3 is 2.62 bits per heavy atom. The number of nitrogens with zero attached hydrogens (tertiary/aromatic N) is 2. The smallest absolute Gasteiger partial charge is 0.417 e. The summed E-state index contributed by atoms with van der Waals surface area (Å²) in [6.07, 6.45) is -3.22. The fraction of sp³-hybridized carbons (Fsp3) is 0.154. The van der Waals surface area contributed by atoms with E-state index >= 15 is 0 Å². The van der Waals surface area contributed by atoms with Crippen LogP contribution < -0.4 is 5.32 Å². The predicted octanol–water partition coefficient (Wildman–Crippen LogP) is 2.81. The van der Waals surface area contributed by atoms with Crippen LogP contribution in [0.15, 0.2) is 36.5 Å². The first-order valence-electron chi connectivity index (χ1n) is 5.83. The third kappa shape index (κ3) is 3.68. The Labute approximate surface area is 117 Å². The number of anilines is 1. The van der Waals surface area contributed by atoms with E-state index in [1.807, 2.05) is 0 Å². The largest absolute Gasteiger partial charge is 0.478 e. The van der Waals surface area contributed by atoms with E-state index in [2.05, 4.69) is 15.5 Å². The van der Waals surface area contributed by atoms with Crippen molar-refractivity contribution in [1.82, 2.24) is 10.2 Å². The first kappa shape index (κ1) is 14.8. The van der Waals surface area contributed by atoms with Crippen LogP contribution in [0.5, 0.6) is 0 Å². The quantitative estimate of drug-likeness (QED) is 0.907. The number of aromatic carboxylic acids is 1. The van der Waals surface area contributed by atoms with Crippen LogP contribution in [-0.2, 0) is 12.7 Å². The molecule has 0 atom stereocenters. The van der Waals surface area contributed by atoms with Crippen molar-refractivity contribution in [3.63, 3.8) is 0 Å². The number of alkyl halides is 3. The molecule has 8 heteroatoms. The minimum atomic E-state index is -4.71. The first-order chi connectivity index (χ1) is 9.88. The van der Waals surface area contributed by atoms with E-state index in [0.717, 1.165) is 12.1 Å². The molecule has 0 aliphatic rings. The van der Waals surface area contributed by atoms with Gasteiger partial charge in [-0.3, -0.25) is 0 Å². The number of hydrogen-bond acceptors (Lipinski definition) is 4. The fourth-order valence-electron chi connectivity index (χ4n) is 1.70. The second-order valence-corrected chi connectivity index (χ2v) is 4.13. The molecule has 2 aromatic rings.